The van der Waals surface area contributed by atoms with Crippen molar-refractivity contribution < 1.29 is 14.3 Å². The van der Waals surface area contributed by atoms with E-state index in [1.54, 1.807) is 14.0 Å². The third-order valence-corrected chi connectivity index (χ3v) is 1.87. The lowest BCUT2D eigenvalue weighted by Gasteiger charge is -2.19. The molecule has 0 unspecified atom stereocenters. The molecular weight excluding hydrogens is 208 g/mol. The van der Waals surface area contributed by atoms with E-state index in [2.05, 4.69) is 10.2 Å². The molecule has 0 aliphatic carbocycles. The van der Waals surface area contributed by atoms with Gasteiger partial charge in [0.15, 0.2) is 0 Å². The molecule has 86 valence electrons. The molecule has 0 spiro atoms. The second-order valence-corrected chi connectivity index (χ2v) is 3.06. The molecule has 0 aromatic heterocycles. The van der Waals surface area contributed by atoms with Crippen LogP contribution in [0.4, 0.5) is 5.69 Å². The van der Waals surface area contributed by atoms with Crippen LogP contribution in [0.2, 0.25) is 0 Å². The van der Waals surface area contributed by atoms with Gasteiger partial charge < -0.3 is 4.74 Å². The Hall–Kier alpha value is -2.04. The predicted molar refractivity (Wildman–Crippen MR) is 59.6 cm³/mol. The highest BCUT2D eigenvalue weighted by molar-refractivity contribution is 6.32. The van der Waals surface area contributed by atoms with E-state index in [1.807, 2.05) is 30.3 Å². The maximum Gasteiger partial charge on any atom is 0.398 e. The van der Waals surface area contributed by atoms with E-state index >= 15 is 0 Å². The Kier molecular flexibility index (Phi) is 4.32. The van der Waals surface area contributed by atoms with Crippen LogP contribution < -0.4 is 10.4 Å². The number of nitrogens with zero attached hydrogens (tertiary/aromatic N) is 1. The van der Waals surface area contributed by atoms with Crippen LogP contribution >= 0.6 is 0 Å². The molecule has 0 saturated carbocycles. The summed E-state index contributed by atoms with van der Waals surface area (Å²) in [5.74, 6) is -1.67. The van der Waals surface area contributed by atoms with E-state index in [1.165, 1.54) is 5.01 Å². The van der Waals surface area contributed by atoms with E-state index in [-0.39, 0.29) is 6.61 Å². The quantitative estimate of drug-likeness (QED) is 0.465. The van der Waals surface area contributed by atoms with Crippen molar-refractivity contribution in [2.45, 2.75) is 6.92 Å². The predicted octanol–water partition coefficient (Wildman–Crippen LogP) is 0.717. The monoisotopic (exact) mass is 222 g/mol. The Bertz CT molecular complexity index is 365. The summed E-state index contributed by atoms with van der Waals surface area (Å²) in [6, 6.07) is 9.16. The zero-order valence-electron chi connectivity index (χ0n) is 9.27. The minimum absolute atomic E-state index is 0.182. The minimum Gasteiger partial charge on any atom is -0.459 e. The van der Waals surface area contributed by atoms with E-state index in [4.69, 9.17) is 0 Å². The third kappa shape index (κ3) is 3.27. The Morgan fingerprint density at radius 1 is 1.31 bits per heavy atom. The van der Waals surface area contributed by atoms with Crippen LogP contribution in [0.15, 0.2) is 30.3 Å². The summed E-state index contributed by atoms with van der Waals surface area (Å²) < 4.78 is 4.56. The lowest BCUT2D eigenvalue weighted by atomic mass is 10.3. The van der Waals surface area contributed by atoms with E-state index in [9.17, 15) is 9.59 Å². The van der Waals surface area contributed by atoms with Gasteiger partial charge in [-0.3, -0.25) is 15.2 Å². The molecule has 0 saturated heterocycles. The standard InChI is InChI=1S/C11H14N2O3/c1-3-16-11(15)10(14)12-13(2)9-7-5-4-6-8-9/h4-8H,3H2,1-2H3,(H,12,14). The van der Waals surface area contributed by atoms with Crippen molar-refractivity contribution in [2.24, 2.45) is 0 Å². The van der Waals surface area contributed by atoms with Crippen molar-refractivity contribution in [3.05, 3.63) is 30.3 Å². The second-order valence-electron chi connectivity index (χ2n) is 3.06. The van der Waals surface area contributed by atoms with Gasteiger partial charge >= 0.3 is 11.9 Å². The molecule has 1 aromatic carbocycles. The number of amides is 1. The summed E-state index contributed by atoms with van der Waals surface area (Å²) in [6.45, 7) is 1.83. The molecule has 5 nitrogen and oxygen atoms in total. The van der Waals surface area contributed by atoms with Gasteiger partial charge in [-0.05, 0) is 19.1 Å². The largest absolute Gasteiger partial charge is 0.459 e. The molecule has 16 heavy (non-hydrogen) atoms. The van der Waals surface area contributed by atoms with Gasteiger partial charge in [0.25, 0.3) is 0 Å². The lowest BCUT2D eigenvalue weighted by Crippen LogP contribution is -2.43. The first kappa shape index (κ1) is 12.0. The fourth-order valence-electron chi connectivity index (χ4n) is 1.11. The number of esters is 1. The molecule has 1 amide bonds. The van der Waals surface area contributed by atoms with Crippen molar-refractivity contribution in [1.29, 1.82) is 0 Å². The molecule has 0 bridgehead atoms. The Labute approximate surface area is 94.0 Å². The third-order valence-electron chi connectivity index (χ3n) is 1.87. The lowest BCUT2D eigenvalue weighted by molar-refractivity contribution is -0.154. The summed E-state index contributed by atoms with van der Waals surface area (Å²) >= 11 is 0. The zero-order valence-corrected chi connectivity index (χ0v) is 9.27. The van der Waals surface area contributed by atoms with Crippen LogP contribution in [-0.2, 0) is 14.3 Å². The number of anilines is 1. The van der Waals surface area contributed by atoms with E-state index < -0.39 is 11.9 Å². The Morgan fingerprint density at radius 2 is 1.94 bits per heavy atom. The molecule has 0 aliphatic rings. The number of rotatable bonds is 3. The van der Waals surface area contributed by atoms with Crippen LogP contribution in [0.5, 0.6) is 0 Å². The highest BCUT2D eigenvalue weighted by Crippen LogP contribution is 2.08. The number of hydrogen-bond donors (Lipinski definition) is 1. The van der Waals surface area contributed by atoms with Gasteiger partial charge in [0.1, 0.15) is 0 Å². The van der Waals surface area contributed by atoms with Gasteiger partial charge in [0, 0.05) is 7.05 Å². The number of para-hydroxylation sites is 1. The normalized spacial score (nSPS) is 9.38. The number of nitrogens with one attached hydrogen (secondary N) is 1. The van der Waals surface area contributed by atoms with Crippen molar-refractivity contribution in [3.8, 4) is 0 Å². The fraction of sp³-hybridized carbons (Fsp3) is 0.273. The van der Waals surface area contributed by atoms with Crippen LogP contribution in [0, 0.1) is 0 Å². The molecular formula is C11H14N2O3. The molecule has 0 heterocycles. The minimum atomic E-state index is -0.884. The molecule has 0 fully saturated rings. The fourth-order valence-corrected chi connectivity index (χ4v) is 1.11. The Morgan fingerprint density at radius 3 is 2.50 bits per heavy atom. The van der Waals surface area contributed by atoms with Gasteiger partial charge in [-0.1, -0.05) is 18.2 Å². The summed E-state index contributed by atoms with van der Waals surface area (Å²) in [7, 11) is 1.65. The highest BCUT2D eigenvalue weighted by atomic mass is 16.5. The maximum absolute atomic E-state index is 11.3. The molecule has 0 atom stereocenters. The van der Waals surface area contributed by atoms with Gasteiger partial charge in [-0.2, -0.15) is 0 Å². The van der Waals surface area contributed by atoms with E-state index in [0.29, 0.717) is 0 Å². The molecule has 0 aliphatic heterocycles. The number of carbonyl (C=O) groups is 2. The molecule has 5 heteroatoms. The van der Waals surface area contributed by atoms with Crippen molar-refractivity contribution in [1.82, 2.24) is 5.43 Å². The van der Waals surface area contributed by atoms with Gasteiger partial charge in [0.2, 0.25) is 0 Å². The van der Waals surface area contributed by atoms with Crippen molar-refractivity contribution in [3.63, 3.8) is 0 Å². The van der Waals surface area contributed by atoms with Crippen LogP contribution in [0.3, 0.4) is 0 Å². The van der Waals surface area contributed by atoms with Crippen LogP contribution in [0.25, 0.3) is 0 Å². The highest BCUT2D eigenvalue weighted by Gasteiger charge is 2.16. The topological polar surface area (TPSA) is 58.6 Å². The maximum atomic E-state index is 11.3. The van der Waals surface area contributed by atoms with Crippen molar-refractivity contribution >= 4 is 17.6 Å². The molecule has 1 aromatic rings. The average molecular weight is 222 g/mol. The molecule has 0 radical (unpaired) electrons. The van der Waals surface area contributed by atoms with Crippen molar-refractivity contribution in [2.75, 3.05) is 18.7 Å². The van der Waals surface area contributed by atoms with Gasteiger partial charge in [0.05, 0.1) is 12.3 Å². The SMILES string of the molecule is CCOC(=O)C(=O)NN(C)c1ccccc1. The van der Waals surface area contributed by atoms with Crippen LogP contribution in [-0.4, -0.2) is 25.5 Å². The number of ether oxygens (including phenoxy) is 1. The summed E-state index contributed by atoms with van der Waals surface area (Å²) in [6.07, 6.45) is 0. The first-order chi connectivity index (χ1) is 7.65. The summed E-state index contributed by atoms with van der Waals surface area (Å²) in [4.78, 5) is 22.3. The zero-order chi connectivity index (χ0) is 12.0. The van der Waals surface area contributed by atoms with E-state index in [0.717, 1.165) is 5.69 Å². The number of hydrazine groups is 1. The summed E-state index contributed by atoms with van der Waals surface area (Å²) in [5.41, 5.74) is 3.18. The number of benzene rings is 1. The van der Waals surface area contributed by atoms with Crippen LogP contribution in [0.1, 0.15) is 6.92 Å². The second kappa shape index (κ2) is 5.75. The number of carbonyl (C=O) groups excluding carboxylic acids is 2. The average Bonchev–Trinajstić information content (AvgIpc) is 2.30. The van der Waals surface area contributed by atoms with Gasteiger partial charge in [-0.25, -0.2) is 4.79 Å². The first-order valence-electron chi connectivity index (χ1n) is 4.91. The molecule has 1 N–H and O–H groups in total. The summed E-state index contributed by atoms with van der Waals surface area (Å²) in [5, 5.41) is 1.46. The molecule has 1 rings (SSSR count). The smallest absolute Gasteiger partial charge is 0.398 e. The first-order valence-corrected chi connectivity index (χ1v) is 4.91. The Balaban J connectivity index is 2.55. The van der Waals surface area contributed by atoms with Gasteiger partial charge in [-0.15, -0.1) is 0 Å². The number of hydrogen-bond acceptors (Lipinski definition) is 4.